The van der Waals surface area contributed by atoms with Gasteiger partial charge in [0.15, 0.2) is 0 Å². The Bertz CT molecular complexity index is 394. The Morgan fingerprint density at radius 3 is 3.07 bits per heavy atom. The van der Waals surface area contributed by atoms with Crippen LogP contribution in [0.5, 0.6) is 0 Å². The van der Waals surface area contributed by atoms with Gasteiger partial charge in [-0.1, -0.05) is 23.2 Å². The Morgan fingerprint density at radius 2 is 2.21 bits per heavy atom. The molecule has 3 rings (SSSR count). The van der Waals surface area contributed by atoms with Gasteiger partial charge in [-0.05, 0) is 24.5 Å². The Kier molecular flexibility index (Phi) is 1.98. The second-order valence-electron chi connectivity index (χ2n) is 3.82. The van der Waals surface area contributed by atoms with Crippen LogP contribution in [0.15, 0.2) is 6.07 Å². The summed E-state index contributed by atoms with van der Waals surface area (Å²) < 4.78 is 5.75. The second-order valence-corrected chi connectivity index (χ2v) is 4.61. The molecule has 3 heterocycles. The van der Waals surface area contributed by atoms with Gasteiger partial charge in [0.05, 0.1) is 11.8 Å². The standard InChI is InChI=1S/C10H9Cl2NO/c11-7-4-9(12)13-10-6(7)3-5-1-2-8(10)14-5/h4-5,8H,1-3H2. The quantitative estimate of drug-likeness (QED) is 0.638. The number of pyridine rings is 1. The molecule has 1 aromatic heterocycles. The number of fused-ring (bicyclic) bond motifs is 4. The van der Waals surface area contributed by atoms with Gasteiger partial charge < -0.3 is 4.74 Å². The smallest absolute Gasteiger partial charge is 0.130 e. The van der Waals surface area contributed by atoms with E-state index in [1.165, 1.54) is 0 Å². The van der Waals surface area contributed by atoms with Gasteiger partial charge in [0.2, 0.25) is 0 Å². The normalized spacial score (nSPS) is 29.0. The molecular formula is C10H9Cl2NO. The zero-order chi connectivity index (χ0) is 9.71. The van der Waals surface area contributed by atoms with Crippen LogP contribution in [0.1, 0.15) is 30.2 Å². The van der Waals surface area contributed by atoms with Gasteiger partial charge in [-0.2, -0.15) is 0 Å². The molecule has 0 amide bonds. The average molecular weight is 230 g/mol. The first kappa shape index (κ1) is 8.96. The molecule has 0 radical (unpaired) electrons. The minimum absolute atomic E-state index is 0.125. The van der Waals surface area contributed by atoms with E-state index in [1.54, 1.807) is 6.07 Å². The van der Waals surface area contributed by atoms with Gasteiger partial charge in [0, 0.05) is 11.4 Å². The summed E-state index contributed by atoms with van der Waals surface area (Å²) in [5, 5.41) is 1.20. The minimum Gasteiger partial charge on any atom is -0.368 e. The van der Waals surface area contributed by atoms with Crippen molar-refractivity contribution in [2.24, 2.45) is 0 Å². The van der Waals surface area contributed by atoms with E-state index >= 15 is 0 Å². The molecule has 2 aliphatic heterocycles. The average Bonchev–Trinajstić information content (AvgIpc) is 2.52. The van der Waals surface area contributed by atoms with E-state index in [9.17, 15) is 0 Å². The second kappa shape index (κ2) is 3.09. The molecule has 14 heavy (non-hydrogen) atoms. The molecule has 0 aliphatic carbocycles. The molecule has 0 N–H and O–H groups in total. The largest absolute Gasteiger partial charge is 0.368 e. The fourth-order valence-corrected chi connectivity index (χ4v) is 2.82. The van der Waals surface area contributed by atoms with Gasteiger partial charge >= 0.3 is 0 Å². The van der Waals surface area contributed by atoms with Crippen molar-refractivity contribution in [3.8, 4) is 0 Å². The molecule has 1 aromatic rings. The maximum atomic E-state index is 6.13. The summed E-state index contributed by atoms with van der Waals surface area (Å²) >= 11 is 12.0. The SMILES string of the molecule is Clc1cc(Cl)c2c(n1)C1CCC(C2)O1. The van der Waals surface area contributed by atoms with E-state index in [1.807, 2.05) is 0 Å². The van der Waals surface area contributed by atoms with Crippen LogP contribution >= 0.6 is 23.2 Å². The van der Waals surface area contributed by atoms with Crippen molar-refractivity contribution in [2.75, 3.05) is 0 Å². The first-order chi connectivity index (χ1) is 6.74. The van der Waals surface area contributed by atoms with E-state index in [2.05, 4.69) is 4.98 Å². The lowest BCUT2D eigenvalue weighted by atomic mass is 10.0. The van der Waals surface area contributed by atoms with Gasteiger partial charge in [0.25, 0.3) is 0 Å². The number of halogens is 2. The van der Waals surface area contributed by atoms with Crippen molar-refractivity contribution in [3.05, 3.63) is 27.5 Å². The van der Waals surface area contributed by atoms with Crippen molar-refractivity contribution >= 4 is 23.2 Å². The summed E-state index contributed by atoms with van der Waals surface area (Å²) in [5.74, 6) is 0. The highest BCUT2D eigenvalue weighted by atomic mass is 35.5. The predicted octanol–water partition coefficient (Wildman–Crippen LogP) is 3.16. The maximum absolute atomic E-state index is 6.13. The number of aromatic nitrogens is 1. The van der Waals surface area contributed by atoms with Crippen LogP contribution in [0.25, 0.3) is 0 Å². The summed E-state index contributed by atoms with van der Waals surface area (Å²) in [6.07, 6.45) is 3.50. The number of rotatable bonds is 0. The van der Waals surface area contributed by atoms with Crippen LogP contribution in [-0.4, -0.2) is 11.1 Å². The van der Waals surface area contributed by atoms with E-state index in [4.69, 9.17) is 27.9 Å². The minimum atomic E-state index is 0.125. The zero-order valence-corrected chi connectivity index (χ0v) is 8.98. The van der Waals surface area contributed by atoms with E-state index < -0.39 is 0 Å². The number of hydrogen-bond acceptors (Lipinski definition) is 2. The van der Waals surface area contributed by atoms with Crippen LogP contribution in [0.4, 0.5) is 0 Å². The van der Waals surface area contributed by atoms with Crippen LogP contribution in [0, 0.1) is 0 Å². The fraction of sp³-hybridized carbons (Fsp3) is 0.500. The molecule has 2 bridgehead atoms. The maximum Gasteiger partial charge on any atom is 0.130 e. The molecule has 74 valence electrons. The zero-order valence-electron chi connectivity index (χ0n) is 7.46. The number of hydrogen-bond donors (Lipinski definition) is 0. The van der Waals surface area contributed by atoms with Crippen molar-refractivity contribution in [2.45, 2.75) is 31.5 Å². The highest BCUT2D eigenvalue weighted by molar-refractivity contribution is 6.34. The molecular weight excluding hydrogens is 221 g/mol. The topological polar surface area (TPSA) is 22.1 Å². The molecule has 0 saturated carbocycles. The van der Waals surface area contributed by atoms with E-state index in [-0.39, 0.29) is 6.10 Å². The molecule has 1 saturated heterocycles. The number of nitrogens with zero attached hydrogens (tertiary/aromatic N) is 1. The molecule has 2 nitrogen and oxygen atoms in total. The highest BCUT2D eigenvalue weighted by Gasteiger charge is 2.36. The third-order valence-corrected chi connectivity index (χ3v) is 3.45. The highest BCUT2D eigenvalue weighted by Crippen LogP contribution is 2.42. The monoisotopic (exact) mass is 229 g/mol. The summed E-state index contributed by atoms with van der Waals surface area (Å²) in [6, 6.07) is 1.71. The van der Waals surface area contributed by atoms with Crippen LogP contribution in [0.2, 0.25) is 10.2 Å². The fourth-order valence-electron chi connectivity index (χ4n) is 2.28. The Labute approximate surface area is 92.2 Å². The van der Waals surface area contributed by atoms with Crippen molar-refractivity contribution < 1.29 is 4.74 Å². The summed E-state index contributed by atoms with van der Waals surface area (Å²) in [4.78, 5) is 4.31. The molecule has 0 spiro atoms. The molecule has 2 atom stereocenters. The van der Waals surface area contributed by atoms with Gasteiger partial charge in [-0.25, -0.2) is 4.98 Å². The lowest BCUT2D eigenvalue weighted by molar-refractivity contribution is 0.0295. The van der Waals surface area contributed by atoms with Crippen LogP contribution < -0.4 is 0 Å². The van der Waals surface area contributed by atoms with Crippen molar-refractivity contribution in [1.82, 2.24) is 4.98 Å². The Morgan fingerprint density at radius 1 is 1.36 bits per heavy atom. The van der Waals surface area contributed by atoms with E-state index in [0.717, 1.165) is 35.5 Å². The van der Waals surface area contributed by atoms with Gasteiger partial charge in [-0.3, -0.25) is 0 Å². The third-order valence-electron chi connectivity index (χ3n) is 2.91. The molecule has 2 aliphatic rings. The molecule has 4 heteroatoms. The number of ether oxygens (including phenoxy) is 1. The summed E-state index contributed by atoms with van der Waals surface area (Å²) in [5.41, 5.74) is 2.09. The predicted molar refractivity (Wildman–Crippen MR) is 54.8 cm³/mol. The molecule has 2 unspecified atom stereocenters. The van der Waals surface area contributed by atoms with Crippen molar-refractivity contribution in [1.29, 1.82) is 0 Å². The molecule has 1 fully saturated rings. The first-order valence-corrected chi connectivity index (χ1v) is 5.50. The van der Waals surface area contributed by atoms with E-state index in [0.29, 0.717) is 11.3 Å². The Hall–Kier alpha value is -0.310. The van der Waals surface area contributed by atoms with Crippen molar-refractivity contribution in [3.63, 3.8) is 0 Å². The van der Waals surface area contributed by atoms with Crippen LogP contribution in [0.3, 0.4) is 0 Å². The van der Waals surface area contributed by atoms with Gasteiger partial charge in [0.1, 0.15) is 11.3 Å². The van der Waals surface area contributed by atoms with Gasteiger partial charge in [-0.15, -0.1) is 0 Å². The lowest BCUT2D eigenvalue weighted by Crippen LogP contribution is -2.19. The lowest BCUT2D eigenvalue weighted by Gasteiger charge is -2.23. The first-order valence-electron chi connectivity index (χ1n) is 4.74. The Balaban J connectivity index is 2.18. The third kappa shape index (κ3) is 1.25. The summed E-state index contributed by atoms with van der Waals surface area (Å²) in [7, 11) is 0. The molecule has 0 aromatic carbocycles. The van der Waals surface area contributed by atoms with Crippen LogP contribution in [-0.2, 0) is 11.2 Å². The summed E-state index contributed by atoms with van der Waals surface area (Å²) in [6.45, 7) is 0.